The smallest absolute Gasteiger partial charge is 0.256 e. The molecule has 1 heterocycles. The Morgan fingerprint density at radius 2 is 2.11 bits per heavy atom. The molecule has 18 heavy (non-hydrogen) atoms. The van der Waals surface area contributed by atoms with Crippen LogP contribution < -0.4 is 10.4 Å². The van der Waals surface area contributed by atoms with Gasteiger partial charge in [0.2, 0.25) is 0 Å². The van der Waals surface area contributed by atoms with Gasteiger partial charge < -0.3 is 0 Å². The molecule has 1 N–H and O–H groups in total. The highest BCUT2D eigenvalue weighted by molar-refractivity contribution is 6.16. The Kier molecular flexibility index (Phi) is 3.46. The third-order valence-electron chi connectivity index (χ3n) is 2.76. The number of hydrogen-bond acceptors (Lipinski definition) is 2. The van der Waals surface area contributed by atoms with Crippen LogP contribution in [0, 0.1) is 5.92 Å². The molecule has 0 spiro atoms. The fraction of sp³-hybridized carbons (Fsp3) is 0.286. The van der Waals surface area contributed by atoms with E-state index in [4.69, 9.17) is 0 Å². The molecule has 1 aliphatic heterocycles. The van der Waals surface area contributed by atoms with Gasteiger partial charge in [0.1, 0.15) is 5.84 Å². The van der Waals surface area contributed by atoms with E-state index < -0.39 is 0 Å². The van der Waals surface area contributed by atoms with Crippen LogP contribution in [-0.2, 0) is 4.79 Å². The third-order valence-corrected chi connectivity index (χ3v) is 2.76. The van der Waals surface area contributed by atoms with Crippen molar-refractivity contribution in [1.29, 1.82) is 0 Å². The lowest BCUT2D eigenvalue weighted by molar-refractivity contribution is -0.119. The van der Waals surface area contributed by atoms with Gasteiger partial charge in [-0.3, -0.25) is 15.2 Å². The largest absolute Gasteiger partial charge is 0.278 e. The second-order valence-corrected chi connectivity index (χ2v) is 4.50. The molecule has 1 fully saturated rings. The van der Waals surface area contributed by atoms with Gasteiger partial charge in [-0.25, -0.2) is 5.01 Å². The Morgan fingerprint density at radius 1 is 1.44 bits per heavy atom. The second-order valence-electron chi connectivity index (χ2n) is 4.50. The van der Waals surface area contributed by atoms with Crippen molar-refractivity contribution in [1.82, 2.24) is 5.43 Å². The molecule has 1 atom stereocenters. The number of hydrazine groups is 1. The fourth-order valence-electron chi connectivity index (χ4n) is 1.74. The van der Waals surface area contributed by atoms with Crippen LogP contribution in [-0.4, -0.2) is 18.3 Å². The van der Waals surface area contributed by atoms with Crippen LogP contribution in [0.25, 0.3) is 0 Å². The minimum absolute atomic E-state index is 0.0154. The standard InChI is InChI=1S/C14H17N3O/c1-10(2)9-15-13-11(3)14(18)17(16-13)12-7-5-4-6-8-12/h4-8,11H,1,9H2,2-3H3,(H,15,16). The van der Waals surface area contributed by atoms with Gasteiger partial charge in [-0.1, -0.05) is 30.4 Å². The van der Waals surface area contributed by atoms with Gasteiger partial charge in [-0.15, -0.1) is 0 Å². The van der Waals surface area contributed by atoms with E-state index in [-0.39, 0.29) is 11.8 Å². The Hall–Kier alpha value is -2.10. The highest BCUT2D eigenvalue weighted by Crippen LogP contribution is 2.19. The van der Waals surface area contributed by atoms with Crippen LogP contribution in [0.3, 0.4) is 0 Å². The molecule has 1 aromatic carbocycles. The number of amides is 1. The molecule has 0 radical (unpaired) electrons. The van der Waals surface area contributed by atoms with Crippen molar-refractivity contribution < 1.29 is 4.79 Å². The first kappa shape index (κ1) is 12.4. The average Bonchev–Trinajstić information content (AvgIpc) is 2.65. The second kappa shape index (κ2) is 5.04. The number of rotatable bonds is 3. The van der Waals surface area contributed by atoms with Crippen molar-refractivity contribution in [3.63, 3.8) is 0 Å². The van der Waals surface area contributed by atoms with Crippen molar-refractivity contribution >= 4 is 17.4 Å². The number of nitrogens with zero attached hydrogens (tertiary/aromatic N) is 2. The van der Waals surface area contributed by atoms with Crippen molar-refractivity contribution in [3.8, 4) is 0 Å². The number of nitrogens with one attached hydrogen (secondary N) is 1. The summed E-state index contributed by atoms with van der Waals surface area (Å²) < 4.78 is 0. The summed E-state index contributed by atoms with van der Waals surface area (Å²) in [4.78, 5) is 16.5. The van der Waals surface area contributed by atoms with E-state index >= 15 is 0 Å². The topological polar surface area (TPSA) is 44.7 Å². The molecule has 1 saturated heterocycles. The molecule has 94 valence electrons. The van der Waals surface area contributed by atoms with Crippen LogP contribution in [0.4, 0.5) is 5.69 Å². The maximum Gasteiger partial charge on any atom is 0.256 e. The highest BCUT2D eigenvalue weighted by Gasteiger charge is 2.34. The predicted molar refractivity (Wildman–Crippen MR) is 73.3 cm³/mol. The molecule has 0 saturated carbocycles. The zero-order valence-corrected chi connectivity index (χ0v) is 10.7. The molecular formula is C14H17N3O. The fourth-order valence-corrected chi connectivity index (χ4v) is 1.74. The summed E-state index contributed by atoms with van der Waals surface area (Å²) >= 11 is 0. The Bertz CT molecular complexity index is 493. The normalized spacial score (nSPS) is 21.2. The highest BCUT2D eigenvalue weighted by atomic mass is 16.2. The Morgan fingerprint density at radius 3 is 2.72 bits per heavy atom. The predicted octanol–water partition coefficient (Wildman–Crippen LogP) is 2.15. The van der Waals surface area contributed by atoms with Gasteiger partial charge in [0.05, 0.1) is 18.2 Å². The molecule has 1 unspecified atom stereocenters. The molecule has 0 aliphatic carbocycles. The van der Waals surface area contributed by atoms with E-state index in [0.29, 0.717) is 12.4 Å². The molecule has 2 rings (SSSR count). The molecule has 1 aliphatic rings. The van der Waals surface area contributed by atoms with E-state index in [2.05, 4.69) is 17.0 Å². The van der Waals surface area contributed by atoms with Crippen molar-refractivity contribution in [2.45, 2.75) is 13.8 Å². The Balaban J connectivity index is 2.20. The van der Waals surface area contributed by atoms with Gasteiger partial charge in [0.15, 0.2) is 0 Å². The quantitative estimate of drug-likeness (QED) is 0.827. The lowest BCUT2D eigenvalue weighted by Crippen LogP contribution is -2.35. The maximum absolute atomic E-state index is 12.1. The van der Waals surface area contributed by atoms with Crippen LogP contribution in [0.15, 0.2) is 47.5 Å². The van der Waals surface area contributed by atoms with Gasteiger partial charge >= 0.3 is 0 Å². The number of carbonyl (C=O) groups is 1. The first-order valence-corrected chi connectivity index (χ1v) is 5.94. The number of carbonyl (C=O) groups excluding carboxylic acids is 1. The first-order valence-electron chi connectivity index (χ1n) is 5.94. The zero-order valence-electron chi connectivity index (χ0n) is 10.7. The summed E-state index contributed by atoms with van der Waals surface area (Å²) in [5.74, 6) is 0.484. The molecule has 0 aromatic heterocycles. The van der Waals surface area contributed by atoms with E-state index in [1.54, 1.807) is 5.01 Å². The molecule has 4 nitrogen and oxygen atoms in total. The summed E-state index contributed by atoms with van der Waals surface area (Å²) in [6.45, 7) is 8.12. The van der Waals surface area contributed by atoms with Crippen LogP contribution in [0.5, 0.6) is 0 Å². The van der Waals surface area contributed by atoms with Gasteiger partial charge in [-0.05, 0) is 26.0 Å². The third kappa shape index (κ3) is 2.42. The van der Waals surface area contributed by atoms with E-state index in [1.165, 1.54) is 0 Å². The lowest BCUT2D eigenvalue weighted by atomic mass is 10.1. The van der Waals surface area contributed by atoms with Gasteiger partial charge in [0, 0.05) is 0 Å². The number of amidine groups is 1. The first-order chi connectivity index (χ1) is 8.59. The summed E-state index contributed by atoms with van der Waals surface area (Å²) in [6, 6.07) is 9.50. The van der Waals surface area contributed by atoms with Crippen molar-refractivity contribution in [3.05, 3.63) is 42.5 Å². The molecular weight excluding hydrogens is 226 g/mol. The Labute approximate surface area is 107 Å². The van der Waals surface area contributed by atoms with E-state index in [0.717, 1.165) is 11.3 Å². The number of aliphatic imine (C=N–C) groups is 1. The van der Waals surface area contributed by atoms with E-state index in [1.807, 2.05) is 44.2 Å². The number of para-hydroxylation sites is 1. The summed E-state index contributed by atoms with van der Waals surface area (Å²) in [5.41, 5.74) is 4.86. The lowest BCUT2D eigenvalue weighted by Gasteiger charge is -2.15. The minimum Gasteiger partial charge on any atom is -0.278 e. The summed E-state index contributed by atoms with van der Waals surface area (Å²) in [7, 11) is 0. The van der Waals surface area contributed by atoms with Crippen molar-refractivity contribution in [2.24, 2.45) is 10.9 Å². The van der Waals surface area contributed by atoms with Crippen LogP contribution in [0.2, 0.25) is 0 Å². The van der Waals surface area contributed by atoms with Crippen molar-refractivity contribution in [2.75, 3.05) is 11.6 Å². The van der Waals surface area contributed by atoms with Crippen LogP contribution in [0.1, 0.15) is 13.8 Å². The van der Waals surface area contributed by atoms with E-state index in [9.17, 15) is 4.79 Å². The number of anilines is 1. The molecule has 0 bridgehead atoms. The maximum atomic E-state index is 12.1. The summed E-state index contributed by atoms with van der Waals surface area (Å²) in [6.07, 6.45) is 0. The molecule has 4 heteroatoms. The average molecular weight is 243 g/mol. The zero-order chi connectivity index (χ0) is 13.1. The molecule has 1 amide bonds. The van der Waals surface area contributed by atoms with Gasteiger partial charge in [0.25, 0.3) is 5.91 Å². The number of benzene rings is 1. The SMILES string of the molecule is C=C(C)CN=C1NN(c2ccccc2)C(=O)C1C. The minimum atomic E-state index is -0.232. The van der Waals surface area contributed by atoms with Gasteiger partial charge in [-0.2, -0.15) is 0 Å². The van der Waals surface area contributed by atoms with Crippen LogP contribution >= 0.6 is 0 Å². The number of hydrogen-bond donors (Lipinski definition) is 1. The monoisotopic (exact) mass is 243 g/mol. The summed E-state index contributed by atoms with van der Waals surface area (Å²) in [5, 5.41) is 1.54. The molecule has 1 aromatic rings.